The lowest BCUT2D eigenvalue weighted by Gasteiger charge is -2.14. The van der Waals surface area contributed by atoms with Crippen molar-refractivity contribution in [3.05, 3.63) is 76.6 Å². The van der Waals surface area contributed by atoms with E-state index in [1.165, 1.54) is 24.3 Å². The van der Waals surface area contributed by atoms with Crippen LogP contribution in [0.2, 0.25) is 0 Å². The fraction of sp³-hybridized carbons (Fsp3) is 0.190. The van der Waals surface area contributed by atoms with Crippen molar-refractivity contribution in [1.29, 1.82) is 0 Å². The highest BCUT2D eigenvalue weighted by atomic mass is 19.1. The van der Waals surface area contributed by atoms with Crippen molar-refractivity contribution in [3.63, 3.8) is 0 Å². The first-order valence-corrected chi connectivity index (χ1v) is 9.21. The molecular formula is C21H18F2N4O2. The summed E-state index contributed by atoms with van der Waals surface area (Å²) < 4.78 is 29.2. The number of carbonyl (C=O) groups excluding carboxylic acids is 2. The molecule has 2 amide bonds. The molecule has 1 heterocycles. The molecule has 4 rings (SSSR count). The third-order valence-corrected chi connectivity index (χ3v) is 4.97. The van der Waals surface area contributed by atoms with Crippen LogP contribution in [0.3, 0.4) is 0 Å². The van der Waals surface area contributed by atoms with E-state index in [-0.39, 0.29) is 22.8 Å². The molecule has 1 aliphatic rings. The minimum atomic E-state index is -0.763. The van der Waals surface area contributed by atoms with E-state index in [1.54, 1.807) is 16.8 Å². The Balaban J connectivity index is 1.69. The van der Waals surface area contributed by atoms with E-state index < -0.39 is 17.6 Å². The molecule has 1 aliphatic carbocycles. The van der Waals surface area contributed by atoms with Gasteiger partial charge in [-0.15, -0.1) is 0 Å². The number of aromatic nitrogens is 2. The van der Waals surface area contributed by atoms with Gasteiger partial charge in [-0.25, -0.2) is 13.5 Å². The van der Waals surface area contributed by atoms with Crippen LogP contribution in [0.1, 0.15) is 44.9 Å². The summed E-state index contributed by atoms with van der Waals surface area (Å²) in [5.74, 6) is -2.42. The molecule has 0 radical (unpaired) electrons. The first kappa shape index (κ1) is 18.8. The molecule has 0 saturated carbocycles. The molecule has 3 aromatic rings. The number of hydrogen-bond donors (Lipinski definition) is 2. The number of nitrogens with one attached hydrogen (secondary N) is 1. The van der Waals surface area contributed by atoms with Crippen LogP contribution >= 0.6 is 0 Å². The third-order valence-electron chi connectivity index (χ3n) is 4.97. The number of amides is 2. The van der Waals surface area contributed by atoms with Crippen LogP contribution in [0.25, 0.3) is 5.69 Å². The maximum absolute atomic E-state index is 14.2. The summed E-state index contributed by atoms with van der Waals surface area (Å²) >= 11 is 0. The monoisotopic (exact) mass is 396 g/mol. The van der Waals surface area contributed by atoms with Gasteiger partial charge in [-0.2, -0.15) is 5.10 Å². The topological polar surface area (TPSA) is 90.0 Å². The van der Waals surface area contributed by atoms with E-state index in [4.69, 9.17) is 5.73 Å². The SMILES string of the molecule is NC(=O)c1ccc(NC(=O)c2nn(-c3ccc(F)cc3)c3c2CCCC3)c(F)c1. The quantitative estimate of drug-likeness (QED) is 0.708. The standard InChI is InChI=1S/C21H18F2N4O2/c22-13-6-8-14(9-7-13)27-18-4-2-1-3-15(18)19(26-27)21(29)25-17-10-5-12(20(24)28)11-16(17)23/h5-11H,1-4H2,(H2,24,28)(H,25,29). The number of anilines is 1. The van der Waals surface area contributed by atoms with E-state index in [2.05, 4.69) is 10.4 Å². The maximum atomic E-state index is 14.2. The maximum Gasteiger partial charge on any atom is 0.276 e. The Kier molecular flexibility index (Phi) is 4.84. The molecule has 0 spiro atoms. The number of nitrogens with two attached hydrogens (primary N) is 1. The fourth-order valence-electron chi connectivity index (χ4n) is 3.53. The number of nitrogens with zero attached hydrogens (tertiary/aromatic N) is 2. The van der Waals surface area contributed by atoms with Gasteiger partial charge in [-0.1, -0.05) is 0 Å². The van der Waals surface area contributed by atoms with Gasteiger partial charge < -0.3 is 11.1 Å². The van der Waals surface area contributed by atoms with E-state index >= 15 is 0 Å². The van der Waals surface area contributed by atoms with Crippen molar-refractivity contribution in [3.8, 4) is 5.69 Å². The van der Waals surface area contributed by atoms with E-state index in [1.807, 2.05) is 0 Å². The van der Waals surface area contributed by atoms with Gasteiger partial charge in [0, 0.05) is 16.8 Å². The molecule has 148 valence electrons. The predicted octanol–water partition coefficient (Wildman–Crippen LogP) is 3.38. The normalized spacial score (nSPS) is 13.0. The molecular weight excluding hydrogens is 378 g/mol. The van der Waals surface area contributed by atoms with Crippen LogP contribution < -0.4 is 11.1 Å². The largest absolute Gasteiger partial charge is 0.366 e. The zero-order valence-corrected chi connectivity index (χ0v) is 15.4. The summed E-state index contributed by atoms with van der Waals surface area (Å²) in [4.78, 5) is 24.0. The van der Waals surface area contributed by atoms with Gasteiger partial charge in [0.15, 0.2) is 5.69 Å². The number of primary amides is 1. The molecule has 0 bridgehead atoms. The van der Waals surface area contributed by atoms with Gasteiger partial charge in [-0.05, 0) is 68.1 Å². The predicted molar refractivity (Wildman–Crippen MR) is 103 cm³/mol. The van der Waals surface area contributed by atoms with E-state index in [0.717, 1.165) is 36.6 Å². The first-order valence-electron chi connectivity index (χ1n) is 9.21. The minimum Gasteiger partial charge on any atom is -0.366 e. The average Bonchev–Trinajstić information content (AvgIpc) is 3.10. The Bertz CT molecular complexity index is 1110. The molecule has 29 heavy (non-hydrogen) atoms. The second-order valence-electron chi connectivity index (χ2n) is 6.88. The van der Waals surface area contributed by atoms with Gasteiger partial charge in [0.2, 0.25) is 5.91 Å². The zero-order valence-electron chi connectivity index (χ0n) is 15.4. The smallest absolute Gasteiger partial charge is 0.276 e. The van der Waals surface area contributed by atoms with Crippen LogP contribution in [-0.2, 0) is 12.8 Å². The van der Waals surface area contributed by atoms with Gasteiger partial charge in [0.25, 0.3) is 5.91 Å². The fourth-order valence-corrected chi connectivity index (χ4v) is 3.53. The molecule has 0 aliphatic heterocycles. The van der Waals surface area contributed by atoms with E-state index in [9.17, 15) is 18.4 Å². The lowest BCUT2D eigenvalue weighted by molar-refractivity contribution is 0.0997. The molecule has 1 aromatic heterocycles. The molecule has 3 N–H and O–H groups in total. The lowest BCUT2D eigenvalue weighted by Crippen LogP contribution is -2.17. The molecule has 8 heteroatoms. The summed E-state index contributed by atoms with van der Waals surface area (Å²) in [6.45, 7) is 0. The Hall–Kier alpha value is -3.55. The van der Waals surface area contributed by atoms with Gasteiger partial charge in [0.05, 0.1) is 11.4 Å². The Morgan fingerprint density at radius 2 is 1.76 bits per heavy atom. The molecule has 0 saturated heterocycles. The first-order chi connectivity index (χ1) is 13.9. The van der Waals surface area contributed by atoms with Gasteiger partial charge >= 0.3 is 0 Å². The van der Waals surface area contributed by atoms with Crippen molar-refractivity contribution < 1.29 is 18.4 Å². The van der Waals surface area contributed by atoms with Crippen LogP contribution in [0, 0.1) is 11.6 Å². The third kappa shape index (κ3) is 3.61. The van der Waals surface area contributed by atoms with Gasteiger partial charge in [0.1, 0.15) is 11.6 Å². The summed E-state index contributed by atoms with van der Waals surface area (Å²) in [5.41, 5.74) is 7.66. The zero-order chi connectivity index (χ0) is 20.5. The van der Waals surface area contributed by atoms with Crippen molar-refractivity contribution in [2.45, 2.75) is 25.7 Å². The second-order valence-corrected chi connectivity index (χ2v) is 6.88. The second kappa shape index (κ2) is 7.46. The lowest BCUT2D eigenvalue weighted by atomic mass is 9.95. The van der Waals surface area contributed by atoms with Crippen molar-refractivity contribution in [2.75, 3.05) is 5.32 Å². The number of fused-ring (bicyclic) bond motifs is 1. The average molecular weight is 396 g/mol. The molecule has 6 nitrogen and oxygen atoms in total. The van der Waals surface area contributed by atoms with Crippen LogP contribution in [-0.4, -0.2) is 21.6 Å². The van der Waals surface area contributed by atoms with Crippen molar-refractivity contribution in [1.82, 2.24) is 9.78 Å². The van der Waals surface area contributed by atoms with Crippen molar-refractivity contribution >= 4 is 17.5 Å². The molecule has 0 fully saturated rings. The highest BCUT2D eigenvalue weighted by Gasteiger charge is 2.26. The van der Waals surface area contributed by atoms with Crippen LogP contribution in [0.4, 0.5) is 14.5 Å². The molecule has 0 atom stereocenters. The highest BCUT2D eigenvalue weighted by molar-refractivity contribution is 6.04. The summed E-state index contributed by atoms with van der Waals surface area (Å²) in [6.07, 6.45) is 3.31. The minimum absolute atomic E-state index is 0.0125. The number of rotatable bonds is 4. The number of halogens is 2. The molecule has 0 unspecified atom stereocenters. The Morgan fingerprint density at radius 3 is 2.45 bits per heavy atom. The number of carbonyl (C=O) groups is 2. The van der Waals surface area contributed by atoms with Crippen molar-refractivity contribution in [2.24, 2.45) is 5.73 Å². The highest BCUT2D eigenvalue weighted by Crippen LogP contribution is 2.28. The van der Waals surface area contributed by atoms with Gasteiger partial charge in [-0.3, -0.25) is 9.59 Å². The van der Waals surface area contributed by atoms with E-state index in [0.29, 0.717) is 12.1 Å². The molecule has 2 aromatic carbocycles. The van der Waals surface area contributed by atoms with Crippen LogP contribution in [0.5, 0.6) is 0 Å². The number of benzene rings is 2. The van der Waals surface area contributed by atoms with Crippen LogP contribution in [0.15, 0.2) is 42.5 Å². The Morgan fingerprint density at radius 1 is 1.03 bits per heavy atom. The Labute approximate surface area is 165 Å². The summed E-state index contributed by atoms with van der Waals surface area (Å²) in [5, 5.41) is 6.96. The summed E-state index contributed by atoms with van der Waals surface area (Å²) in [6, 6.07) is 9.47. The summed E-state index contributed by atoms with van der Waals surface area (Å²) in [7, 11) is 0. The number of hydrogen-bond acceptors (Lipinski definition) is 3.